The number of carboxylic acid groups (broad SMARTS) is 1. The van der Waals surface area contributed by atoms with E-state index in [4.69, 9.17) is 12.6 Å². The fourth-order valence-electron chi connectivity index (χ4n) is 2.52. The SMILES string of the molecule is [2H]C([2H])(Cc1ccc(OCc2cccc(-c3ccccc3)c2)cc1)C(=O)O. The molecule has 25 heavy (non-hydrogen) atoms. The molecule has 0 saturated carbocycles. The second kappa shape index (κ2) is 8.15. The second-order valence-electron chi connectivity index (χ2n) is 5.66. The molecule has 1 N–H and O–H groups in total. The maximum Gasteiger partial charge on any atom is 0.303 e. The predicted molar refractivity (Wildman–Crippen MR) is 98.6 cm³/mol. The van der Waals surface area contributed by atoms with Crippen molar-refractivity contribution in [2.45, 2.75) is 19.4 Å². The van der Waals surface area contributed by atoms with Gasteiger partial charge in [-0.3, -0.25) is 4.79 Å². The van der Waals surface area contributed by atoms with Crippen LogP contribution in [0.15, 0.2) is 78.9 Å². The highest BCUT2D eigenvalue weighted by molar-refractivity contribution is 5.67. The third-order valence-corrected chi connectivity index (χ3v) is 3.81. The topological polar surface area (TPSA) is 46.5 Å². The van der Waals surface area contributed by atoms with Gasteiger partial charge in [0, 0.05) is 9.11 Å². The van der Waals surface area contributed by atoms with Crippen LogP contribution in [0.5, 0.6) is 5.75 Å². The molecule has 0 saturated heterocycles. The van der Waals surface area contributed by atoms with Gasteiger partial charge in [0.25, 0.3) is 0 Å². The van der Waals surface area contributed by atoms with Gasteiger partial charge in [-0.15, -0.1) is 0 Å². The van der Waals surface area contributed by atoms with Crippen LogP contribution in [0.2, 0.25) is 0 Å². The first-order valence-electron chi connectivity index (χ1n) is 9.03. The van der Waals surface area contributed by atoms with Crippen LogP contribution in [-0.2, 0) is 17.8 Å². The molecule has 3 aromatic rings. The van der Waals surface area contributed by atoms with Gasteiger partial charge < -0.3 is 9.84 Å². The molecule has 3 aromatic carbocycles. The summed E-state index contributed by atoms with van der Waals surface area (Å²) in [5.74, 6) is -0.805. The highest BCUT2D eigenvalue weighted by Gasteiger charge is 2.02. The van der Waals surface area contributed by atoms with Gasteiger partial charge in [0.1, 0.15) is 12.4 Å². The average Bonchev–Trinajstić information content (AvgIpc) is 2.68. The van der Waals surface area contributed by atoms with Gasteiger partial charge in [-0.1, -0.05) is 60.7 Å². The van der Waals surface area contributed by atoms with Gasteiger partial charge in [-0.05, 0) is 46.9 Å². The van der Waals surface area contributed by atoms with Gasteiger partial charge in [-0.2, -0.15) is 0 Å². The molecule has 0 fully saturated rings. The normalized spacial score (nSPS) is 12.2. The molecule has 0 aliphatic carbocycles. The van der Waals surface area contributed by atoms with Crippen LogP contribution in [0.1, 0.15) is 20.2 Å². The van der Waals surface area contributed by atoms with Crippen LogP contribution in [0.4, 0.5) is 0 Å². The highest BCUT2D eigenvalue weighted by Crippen LogP contribution is 2.21. The fourth-order valence-corrected chi connectivity index (χ4v) is 2.52. The number of rotatable bonds is 7. The molecule has 0 aliphatic heterocycles. The Hall–Kier alpha value is -3.07. The number of aliphatic carboxylic acids is 1. The zero-order chi connectivity index (χ0) is 19.3. The van der Waals surface area contributed by atoms with Crippen molar-refractivity contribution in [3.05, 3.63) is 90.0 Å². The van der Waals surface area contributed by atoms with Gasteiger partial charge in [-0.25, -0.2) is 0 Å². The molecular formula is C22H20O3. The number of ether oxygens (including phenoxy) is 1. The minimum absolute atomic E-state index is 0.179. The number of hydrogen-bond donors (Lipinski definition) is 1. The Bertz CT molecular complexity index is 906. The van der Waals surface area contributed by atoms with Crippen molar-refractivity contribution >= 4 is 5.97 Å². The molecule has 0 spiro atoms. The molecule has 126 valence electrons. The second-order valence-corrected chi connectivity index (χ2v) is 5.66. The Morgan fingerprint density at radius 3 is 2.32 bits per heavy atom. The lowest BCUT2D eigenvalue weighted by molar-refractivity contribution is -0.136. The van der Waals surface area contributed by atoms with Crippen LogP contribution in [0.25, 0.3) is 11.1 Å². The number of carboxylic acids is 1. The van der Waals surface area contributed by atoms with E-state index in [0.29, 0.717) is 17.9 Å². The van der Waals surface area contributed by atoms with Crippen LogP contribution in [-0.4, -0.2) is 11.1 Å². The quantitative estimate of drug-likeness (QED) is 0.665. The van der Waals surface area contributed by atoms with Crippen LogP contribution >= 0.6 is 0 Å². The molecule has 0 radical (unpaired) electrons. The van der Waals surface area contributed by atoms with Crippen molar-refractivity contribution in [1.82, 2.24) is 0 Å². The van der Waals surface area contributed by atoms with Crippen LogP contribution in [0, 0.1) is 0 Å². The summed E-state index contributed by atoms with van der Waals surface area (Å²) < 4.78 is 20.8. The maximum atomic E-state index is 10.9. The largest absolute Gasteiger partial charge is 0.489 e. The Kier molecular flexibility index (Phi) is 4.66. The van der Waals surface area contributed by atoms with Gasteiger partial charge in [0.2, 0.25) is 0 Å². The third-order valence-electron chi connectivity index (χ3n) is 3.81. The summed E-state index contributed by atoms with van der Waals surface area (Å²) in [5, 5.41) is 8.87. The standard InChI is InChI=1S/C22H20O3/c23-22(24)14-11-17-9-12-21(13-10-17)25-16-18-5-4-8-20(15-18)19-6-2-1-3-7-19/h1-10,12-13,15H,11,14,16H2,(H,23,24)/i14D2. The van der Waals surface area contributed by atoms with E-state index < -0.39 is 12.3 Å². The first-order valence-corrected chi connectivity index (χ1v) is 8.03. The monoisotopic (exact) mass is 334 g/mol. The third kappa shape index (κ3) is 4.95. The van der Waals surface area contributed by atoms with Crippen LogP contribution < -0.4 is 4.74 Å². The number of carbonyl (C=O) groups is 1. The summed E-state index contributed by atoms with van der Waals surface area (Å²) in [6.45, 7) is 0.413. The number of aryl methyl sites for hydroxylation is 1. The average molecular weight is 334 g/mol. The van der Waals surface area contributed by atoms with Crippen molar-refractivity contribution in [3.8, 4) is 16.9 Å². The Labute approximate surface area is 150 Å². The molecule has 3 rings (SSSR count). The van der Waals surface area contributed by atoms with Gasteiger partial charge in [0.05, 0.1) is 0 Å². The van der Waals surface area contributed by atoms with Crippen molar-refractivity contribution in [2.24, 2.45) is 0 Å². The van der Waals surface area contributed by atoms with E-state index in [1.54, 1.807) is 24.3 Å². The summed E-state index contributed by atoms with van der Waals surface area (Å²) in [4.78, 5) is 10.9. The highest BCUT2D eigenvalue weighted by atomic mass is 16.5. The van der Waals surface area contributed by atoms with E-state index in [1.165, 1.54) is 0 Å². The minimum Gasteiger partial charge on any atom is -0.489 e. The van der Waals surface area contributed by atoms with E-state index in [-0.39, 0.29) is 6.42 Å². The first-order chi connectivity index (χ1) is 12.9. The van der Waals surface area contributed by atoms with E-state index in [9.17, 15) is 4.79 Å². The predicted octanol–water partition coefficient (Wildman–Crippen LogP) is 4.95. The zero-order valence-electron chi connectivity index (χ0n) is 15.7. The molecule has 0 bridgehead atoms. The van der Waals surface area contributed by atoms with Crippen molar-refractivity contribution in [3.63, 3.8) is 0 Å². The van der Waals surface area contributed by atoms with Crippen molar-refractivity contribution in [2.75, 3.05) is 0 Å². The molecule has 3 nitrogen and oxygen atoms in total. The zero-order valence-corrected chi connectivity index (χ0v) is 13.7. The van der Waals surface area contributed by atoms with Crippen molar-refractivity contribution < 1.29 is 17.4 Å². The number of hydrogen-bond acceptors (Lipinski definition) is 2. The van der Waals surface area contributed by atoms with Gasteiger partial charge >= 0.3 is 5.97 Å². The maximum absolute atomic E-state index is 10.9. The van der Waals surface area contributed by atoms with E-state index in [1.807, 2.05) is 30.3 Å². The molecule has 3 heteroatoms. The molecule has 0 aliphatic rings. The molecular weight excluding hydrogens is 312 g/mol. The smallest absolute Gasteiger partial charge is 0.303 e. The Balaban J connectivity index is 1.63. The van der Waals surface area contributed by atoms with E-state index >= 15 is 0 Å². The van der Waals surface area contributed by atoms with Gasteiger partial charge in [0.15, 0.2) is 0 Å². The molecule has 0 unspecified atom stereocenters. The Morgan fingerprint density at radius 2 is 1.60 bits per heavy atom. The fraction of sp³-hybridized carbons (Fsp3) is 0.136. The molecule has 0 amide bonds. The minimum atomic E-state index is -2.28. The molecule has 0 atom stereocenters. The molecule has 0 heterocycles. The Morgan fingerprint density at radius 1 is 0.880 bits per heavy atom. The van der Waals surface area contributed by atoms with E-state index in [0.717, 1.165) is 16.7 Å². The summed E-state index contributed by atoms with van der Waals surface area (Å²) in [6, 6.07) is 25.1. The van der Waals surface area contributed by atoms with Crippen molar-refractivity contribution in [1.29, 1.82) is 0 Å². The summed E-state index contributed by atoms with van der Waals surface area (Å²) >= 11 is 0. The molecule has 0 aromatic heterocycles. The first kappa shape index (κ1) is 14.3. The summed E-state index contributed by atoms with van der Waals surface area (Å²) in [5.41, 5.74) is 3.93. The van der Waals surface area contributed by atoms with E-state index in [2.05, 4.69) is 24.3 Å². The van der Waals surface area contributed by atoms with Crippen LogP contribution in [0.3, 0.4) is 0 Å². The summed E-state index contributed by atoms with van der Waals surface area (Å²) in [7, 11) is 0. The number of benzene rings is 3. The lowest BCUT2D eigenvalue weighted by Crippen LogP contribution is -1.98. The lowest BCUT2D eigenvalue weighted by atomic mass is 10.0. The summed E-state index contributed by atoms with van der Waals surface area (Å²) in [6.07, 6.45) is -2.46. The lowest BCUT2D eigenvalue weighted by Gasteiger charge is -2.09.